The van der Waals surface area contributed by atoms with Gasteiger partial charge < -0.3 is 5.32 Å². The fourth-order valence-corrected chi connectivity index (χ4v) is 3.48. The number of hydrogen-bond acceptors (Lipinski definition) is 3. The van der Waals surface area contributed by atoms with Crippen molar-refractivity contribution in [3.8, 4) is 0 Å². The first-order valence-electron chi connectivity index (χ1n) is 7.86. The van der Waals surface area contributed by atoms with E-state index in [1.165, 1.54) is 34.7 Å². The van der Waals surface area contributed by atoms with Crippen LogP contribution in [0.1, 0.15) is 41.6 Å². The molecule has 0 spiro atoms. The Kier molecular flexibility index (Phi) is 6.00. The van der Waals surface area contributed by atoms with Crippen LogP contribution in [0.15, 0.2) is 17.5 Å². The minimum absolute atomic E-state index is 0.536. The normalized spacial score (nSPS) is 12.8. The summed E-state index contributed by atoms with van der Waals surface area (Å²) < 4.78 is 2.00. The summed E-state index contributed by atoms with van der Waals surface area (Å²) in [6.45, 7) is 7.61. The lowest BCUT2D eigenvalue weighted by atomic mass is 9.99. The third-order valence-electron chi connectivity index (χ3n) is 4.11. The molecule has 0 aliphatic heterocycles. The van der Waals surface area contributed by atoms with E-state index in [0.29, 0.717) is 6.04 Å². The van der Waals surface area contributed by atoms with E-state index in [2.05, 4.69) is 48.7 Å². The van der Waals surface area contributed by atoms with Gasteiger partial charge in [0.25, 0.3) is 0 Å². The van der Waals surface area contributed by atoms with Gasteiger partial charge in [0.15, 0.2) is 0 Å². The Morgan fingerprint density at radius 1 is 1.38 bits per heavy atom. The second kappa shape index (κ2) is 7.76. The summed E-state index contributed by atoms with van der Waals surface area (Å²) in [4.78, 5) is 1.48. The molecule has 1 N–H and O–H groups in total. The van der Waals surface area contributed by atoms with E-state index < -0.39 is 0 Å². The standard InChI is InChI=1S/C17H27N3S/c1-5-10-18-15(8-9-16-7-6-11-21-16)12-17-13(2)19-20(4)14(17)3/h6-7,11,15,18H,5,8-10,12H2,1-4H3. The van der Waals surface area contributed by atoms with E-state index >= 15 is 0 Å². The molecule has 1 atom stereocenters. The molecular formula is C17H27N3S. The van der Waals surface area contributed by atoms with Crippen LogP contribution in [0.3, 0.4) is 0 Å². The van der Waals surface area contributed by atoms with E-state index in [9.17, 15) is 0 Å². The Labute approximate surface area is 132 Å². The highest BCUT2D eigenvalue weighted by Crippen LogP contribution is 2.18. The fourth-order valence-electron chi connectivity index (χ4n) is 2.76. The number of nitrogens with one attached hydrogen (secondary N) is 1. The first-order valence-corrected chi connectivity index (χ1v) is 8.74. The first kappa shape index (κ1) is 16.2. The molecule has 116 valence electrons. The van der Waals surface area contributed by atoms with E-state index in [-0.39, 0.29) is 0 Å². The van der Waals surface area contributed by atoms with Crippen molar-refractivity contribution in [1.29, 1.82) is 0 Å². The molecule has 0 saturated carbocycles. The van der Waals surface area contributed by atoms with Gasteiger partial charge in [0.1, 0.15) is 0 Å². The Morgan fingerprint density at radius 3 is 2.76 bits per heavy atom. The SMILES string of the molecule is CCCNC(CCc1cccs1)Cc1c(C)nn(C)c1C. The molecule has 1 unspecified atom stereocenters. The van der Waals surface area contributed by atoms with Crippen LogP contribution < -0.4 is 5.32 Å². The van der Waals surface area contributed by atoms with Gasteiger partial charge in [-0.15, -0.1) is 11.3 Å². The minimum Gasteiger partial charge on any atom is -0.314 e. The highest BCUT2D eigenvalue weighted by atomic mass is 32.1. The van der Waals surface area contributed by atoms with Gasteiger partial charge in [-0.3, -0.25) is 4.68 Å². The number of aromatic nitrogens is 2. The molecule has 2 aromatic heterocycles. The fraction of sp³-hybridized carbons (Fsp3) is 0.588. The van der Waals surface area contributed by atoms with Crippen molar-refractivity contribution >= 4 is 11.3 Å². The predicted octanol–water partition coefficient (Wildman–Crippen LogP) is 3.64. The number of hydrogen-bond donors (Lipinski definition) is 1. The molecular weight excluding hydrogens is 278 g/mol. The summed E-state index contributed by atoms with van der Waals surface area (Å²) >= 11 is 1.86. The van der Waals surface area contributed by atoms with Crippen LogP contribution in [-0.2, 0) is 19.9 Å². The summed E-state index contributed by atoms with van der Waals surface area (Å²) in [6.07, 6.45) is 4.61. The molecule has 0 bridgehead atoms. The zero-order valence-corrected chi connectivity index (χ0v) is 14.5. The second-order valence-electron chi connectivity index (χ2n) is 5.75. The third-order valence-corrected chi connectivity index (χ3v) is 5.05. The molecule has 4 heteroatoms. The Hall–Kier alpha value is -1.13. The molecule has 0 aliphatic rings. The second-order valence-corrected chi connectivity index (χ2v) is 6.78. The molecule has 2 rings (SSSR count). The van der Waals surface area contributed by atoms with E-state index in [1.54, 1.807) is 0 Å². The number of nitrogens with zero attached hydrogens (tertiary/aromatic N) is 2. The zero-order valence-electron chi connectivity index (χ0n) is 13.6. The summed E-state index contributed by atoms with van der Waals surface area (Å²) in [7, 11) is 2.03. The summed E-state index contributed by atoms with van der Waals surface area (Å²) in [5.41, 5.74) is 3.89. The lowest BCUT2D eigenvalue weighted by Crippen LogP contribution is -2.32. The lowest BCUT2D eigenvalue weighted by molar-refractivity contribution is 0.477. The van der Waals surface area contributed by atoms with Crippen LogP contribution in [-0.4, -0.2) is 22.4 Å². The molecule has 0 fully saturated rings. The van der Waals surface area contributed by atoms with Crippen molar-refractivity contribution in [2.75, 3.05) is 6.54 Å². The summed E-state index contributed by atoms with van der Waals surface area (Å²) in [6, 6.07) is 4.92. The number of thiophene rings is 1. The summed E-state index contributed by atoms with van der Waals surface area (Å²) in [5.74, 6) is 0. The van der Waals surface area contributed by atoms with Crippen LogP contribution in [0.2, 0.25) is 0 Å². The van der Waals surface area contributed by atoms with Gasteiger partial charge in [-0.2, -0.15) is 5.10 Å². The van der Waals surface area contributed by atoms with Gasteiger partial charge in [-0.25, -0.2) is 0 Å². The van der Waals surface area contributed by atoms with Gasteiger partial charge in [0.2, 0.25) is 0 Å². The van der Waals surface area contributed by atoms with Crippen LogP contribution in [0.5, 0.6) is 0 Å². The largest absolute Gasteiger partial charge is 0.314 e. The van der Waals surface area contributed by atoms with Crippen LogP contribution in [0.25, 0.3) is 0 Å². The maximum atomic E-state index is 4.54. The highest BCUT2D eigenvalue weighted by molar-refractivity contribution is 7.09. The molecule has 21 heavy (non-hydrogen) atoms. The van der Waals surface area contributed by atoms with Crippen molar-refractivity contribution in [2.45, 2.75) is 52.5 Å². The van der Waals surface area contributed by atoms with Crippen LogP contribution >= 0.6 is 11.3 Å². The molecule has 2 aromatic rings. The smallest absolute Gasteiger partial charge is 0.0628 e. The van der Waals surface area contributed by atoms with Crippen molar-refractivity contribution in [3.63, 3.8) is 0 Å². The lowest BCUT2D eigenvalue weighted by Gasteiger charge is -2.18. The molecule has 0 aromatic carbocycles. The Balaban J connectivity index is 2.01. The van der Waals surface area contributed by atoms with Gasteiger partial charge in [0, 0.05) is 23.7 Å². The molecule has 3 nitrogen and oxygen atoms in total. The minimum atomic E-state index is 0.536. The molecule has 0 saturated heterocycles. The van der Waals surface area contributed by atoms with Gasteiger partial charge in [-0.05, 0) is 63.1 Å². The van der Waals surface area contributed by atoms with Crippen molar-refractivity contribution in [1.82, 2.24) is 15.1 Å². The van der Waals surface area contributed by atoms with Gasteiger partial charge in [0.05, 0.1) is 5.69 Å². The zero-order chi connectivity index (χ0) is 15.2. The van der Waals surface area contributed by atoms with Gasteiger partial charge >= 0.3 is 0 Å². The van der Waals surface area contributed by atoms with Crippen molar-refractivity contribution in [3.05, 3.63) is 39.3 Å². The predicted molar refractivity (Wildman–Crippen MR) is 91.1 cm³/mol. The topological polar surface area (TPSA) is 29.9 Å². The van der Waals surface area contributed by atoms with Gasteiger partial charge in [-0.1, -0.05) is 13.0 Å². The van der Waals surface area contributed by atoms with Crippen LogP contribution in [0.4, 0.5) is 0 Å². The van der Waals surface area contributed by atoms with E-state index in [4.69, 9.17) is 0 Å². The number of aryl methyl sites for hydroxylation is 3. The van der Waals surface area contributed by atoms with E-state index in [0.717, 1.165) is 19.4 Å². The maximum Gasteiger partial charge on any atom is 0.0628 e. The highest BCUT2D eigenvalue weighted by Gasteiger charge is 2.15. The average molecular weight is 305 g/mol. The monoisotopic (exact) mass is 305 g/mol. The number of rotatable bonds is 8. The van der Waals surface area contributed by atoms with E-state index in [1.807, 2.05) is 23.1 Å². The third kappa shape index (κ3) is 4.42. The molecule has 0 radical (unpaired) electrons. The first-order chi connectivity index (χ1) is 10.1. The Morgan fingerprint density at radius 2 is 2.19 bits per heavy atom. The Bertz CT molecular complexity index is 543. The summed E-state index contributed by atoms with van der Waals surface area (Å²) in [5, 5.41) is 10.4. The maximum absolute atomic E-state index is 4.54. The molecule has 0 amide bonds. The quantitative estimate of drug-likeness (QED) is 0.807. The van der Waals surface area contributed by atoms with Crippen molar-refractivity contribution in [2.24, 2.45) is 7.05 Å². The van der Waals surface area contributed by atoms with Crippen molar-refractivity contribution < 1.29 is 0 Å². The molecule has 2 heterocycles. The van der Waals surface area contributed by atoms with Crippen LogP contribution in [0, 0.1) is 13.8 Å². The molecule has 0 aliphatic carbocycles. The average Bonchev–Trinajstić information content (AvgIpc) is 3.05.